The Labute approximate surface area is 99.8 Å². The summed E-state index contributed by atoms with van der Waals surface area (Å²) < 4.78 is 0. The van der Waals surface area contributed by atoms with Crippen LogP contribution in [0.2, 0.25) is 0 Å². The van der Waals surface area contributed by atoms with E-state index in [2.05, 4.69) is 10.5 Å². The van der Waals surface area contributed by atoms with Gasteiger partial charge in [-0.2, -0.15) is 5.10 Å². The van der Waals surface area contributed by atoms with Gasteiger partial charge in [0.25, 0.3) is 5.91 Å². The number of rotatable bonds is 4. The van der Waals surface area contributed by atoms with Crippen molar-refractivity contribution in [1.82, 2.24) is 5.43 Å². The van der Waals surface area contributed by atoms with Gasteiger partial charge in [0.05, 0.1) is 12.2 Å². The Morgan fingerprint density at radius 1 is 1.47 bits per heavy atom. The van der Waals surface area contributed by atoms with E-state index in [9.17, 15) is 9.90 Å². The molecule has 0 aliphatic carbocycles. The fourth-order valence-electron chi connectivity index (χ4n) is 1.03. The number of carbonyl (C=O) groups excluding carboxylic acids is 1. The molecule has 0 atom stereocenters. The summed E-state index contributed by atoms with van der Waals surface area (Å²) in [5.74, 6) is -0.588. The second-order valence-corrected chi connectivity index (χ2v) is 4.36. The maximum absolute atomic E-state index is 11.6. The third-order valence-electron chi connectivity index (χ3n) is 2.14. The number of nitrogens with one attached hydrogen (secondary N) is 1. The first-order valence-electron chi connectivity index (χ1n) is 5.20. The number of nitrogens with zero attached hydrogens (tertiary/aromatic N) is 1. The van der Waals surface area contributed by atoms with E-state index in [1.807, 2.05) is 0 Å². The van der Waals surface area contributed by atoms with Crippen LogP contribution >= 0.6 is 0 Å². The fraction of sp³-hybridized carbons (Fsp3) is 0.333. The van der Waals surface area contributed by atoms with Crippen LogP contribution in [0, 0.1) is 5.41 Å². The van der Waals surface area contributed by atoms with E-state index in [0.29, 0.717) is 0 Å². The smallest absolute Gasteiger partial charge is 0.275 e. The molecule has 17 heavy (non-hydrogen) atoms. The van der Waals surface area contributed by atoms with Gasteiger partial charge in [-0.15, -0.1) is 0 Å². The number of aliphatic hydroxyl groups is 1. The second-order valence-electron chi connectivity index (χ2n) is 4.36. The van der Waals surface area contributed by atoms with Crippen LogP contribution in [0.3, 0.4) is 0 Å². The van der Waals surface area contributed by atoms with E-state index in [0.717, 1.165) is 0 Å². The molecule has 0 bridgehead atoms. The number of aromatic hydroxyl groups is 1. The van der Waals surface area contributed by atoms with Gasteiger partial charge in [0.15, 0.2) is 0 Å². The number of aliphatic hydroxyl groups excluding tert-OH is 1. The van der Waals surface area contributed by atoms with E-state index in [-0.39, 0.29) is 17.9 Å². The normalized spacial score (nSPS) is 11.7. The summed E-state index contributed by atoms with van der Waals surface area (Å²) >= 11 is 0. The molecule has 3 N–H and O–H groups in total. The van der Waals surface area contributed by atoms with Gasteiger partial charge in [-0.3, -0.25) is 4.79 Å². The maximum atomic E-state index is 11.6. The Morgan fingerprint density at radius 2 is 2.12 bits per heavy atom. The van der Waals surface area contributed by atoms with Crippen LogP contribution in [-0.2, 0) is 0 Å². The summed E-state index contributed by atoms with van der Waals surface area (Å²) in [6, 6.07) is 6.20. The van der Waals surface area contributed by atoms with Crippen molar-refractivity contribution in [3.63, 3.8) is 0 Å². The highest BCUT2D eigenvalue weighted by molar-refractivity contribution is 5.96. The molecule has 0 aromatic heterocycles. The van der Waals surface area contributed by atoms with Gasteiger partial charge in [0.2, 0.25) is 0 Å². The quantitative estimate of drug-likeness (QED) is 0.541. The summed E-state index contributed by atoms with van der Waals surface area (Å²) in [7, 11) is 0. The molecule has 0 aliphatic rings. The lowest BCUT2D eigenvalue weighted by atomic mass is 9.97. The van der Waals surface area contributed by atoms with Gasteiger partial charge < -0.3 is 10.2 Å². The maximum Gasteiger partial charge on any atom is 0.275 e. The zero-order valence-electron chi connectivity index (χ0n) is 9.84. The lowest BCUT2D eigenvalue weighted by Gasteiger charge is -2.14. The predicted octanol–water partition coefficient (Wildman–Crippen LogP) is 1.13. The van der Waals surface area contributed by atoms with Crippen LogP contribution in [0.1, 0.15) is 24.2 Å². The largest absolute Gasteiger partial charge is 0.507 e. The summed E-state index contributed by atoms with van der Waals surface area (Å²) in [4.78, 5) is 11.6. The number of para-hydroxylation sites is 1. The third-order valence-corrected chi connectivity index (χ3v) is 2.14. The van der Waals surface area contributed by atoms with Gasteiger partial charge in [0, 0.05) is 11.6 Å². The average Bonchev–Trinajstić information content (AvgIpc) is 2.29. The monoisotopic (exact) mass is 236 g/mol. The lowest BCUT2D eigenvalue weighted by Crippen LogP contribution is -2.23. The zero-order valence-corrected chi connectivity index (χ0v) is 9.84. The van der Waals surface area contributed by atoms with Gasteiger partial charge in [0.1, 0.15) is 5.75 Å². The minimum absolute atomic E-state index is 0.0665. The van der Waals surface area contributed by atoms with Gasteiger partial charge in [-0.1, -0.05) is 26.0 Å². The number of amides is 1. The average molecular weight is 236 g/mol. The minimum Gasteiger partial charge on any atom is -0.507 e. The Hall–Kier alpha value is -1.88. The summed E-state index contributed by atoms with van der Waals surface area (Å²) in [6.45, 7) is 3.49. The Balaban J connectivity index is 2.66. The molecule has 0 spiro atoms. The van der Waals surface area contributed by atoms with Crippen molar-refractivity contribution in [2.45, 2.75) is 13.8 Å². The van der Waals surface area contributed by atoms with Crippen LogP contribution < -0.4 is 5.43 Å². The van der Waals surface area contributed by atoms with Crippen LogP contribution in [0.25, 0.3) is 0 Å². The highest BCUT2D eigenvalue weighted by Crippen LogP contribution is 2.15. The molecule has 0 aliphatic heterocycles. The van der Waals surface area contributed by atoms with Gasteiger partial charge in [-0.05, 0) is 12.1 Å². The molecule has 1 aromatic rings. The fourth-order valence-corrected chi connectivity index (χ4v) is 1.03. The van der Waals surface area contributed by atoms with E-state index >= 15 is 0 Å². The number of phenols is 1. The number of hydrazone groups is 1. The van der Waals surface area contributed by atoms with Crippen molar-refractivity contribution in [3.8, 4) is 5.75 Å². The molecule has 1 rings (SSSR count). The molecular formula is C12H16N2O3. The highest BCUT2D eigenvalue weighted by Gasteiger charge is 2.13. The molecule has 92 valence electrons. The van der Waals surface area contributed by atoms with Crippen molar-refractivity contribution in [1.29, 1.82) is 0 Å². The van der Waals surface area contributed by atoms with E-state index in [4.69, 9.17) is 5.11 Å². The molecule has 0 fully saturated rings. The van der Waals surface area contributed by atoms with Crippen molar-refractivity contribution in [2.75, 3.05) is 6.61 Å². The highest BCUT2D eigenvalue weighted by atomic mass is 16.3. The van der Waals surface area contributed by atoms with E-state index in [1.165, 1.54) is 18.3 Å². The van der Waals surface area contributed by atoms with Crippen LogP contribution in [0.15, 0.2) is 29.4 Å². The lowest BCUT2D eigenvalue weighted by molar-refractivity contribution is 0.0951. The first-order valence-corrected chi connectivity index (χ1v) is 5.20. The number of hydrogen-bond acceptors (Lipinski definition) is 4. The SMILES string of the molecule is CC(C)(C=NNC(=O)c1ccccc1O)CO. The molecule has 1 amide bonds. The molecule has 0 saturated carbocycles. The van der Waals surface area contributed by atoms with Crippen molar-refractivity contribution in [2.24, 2.45) is 10.5 Å². The third kappa shape index (κ3) is 3.88. The first-order chi connectivity index (χ1) is 7.96. The Morgan fingerprint density at radius 3 is 2.71 bits per heavy atom. The topological polar surface area (TPSA) is 81.9 Å². The summed E-state index contributed by atoms with van der Waals surface area (Å²) in [5, 5.41) is 22.1. The van der Waals surface area contributed by atoms with Crippen molar-refractivity contribution in [3.05, 3.63) is 29.8 Å². The Bertz CT molecular complexity index is 428. The number of benzene rings is 1. The van der Waals surface area contributed by atoms with Gasteiger partial charge >= 0.3 is 0 Å². The van der Waals surface area contributed by atoms with E-state index < -0.39 is 11.3 Å². The van der Waals surface area contributed by atoms with E-state index in [1.54, 1.807) is 26.0 Å². The molecular weight excluding hydrogens is 220 g/mol. The number of carbonyl (C=O) groups is 1. The first kappa shape index (κ1) is 13.2. The van der Waals surface area contributed by atoms with Crippen LogP contribution in [0.4, 0.5) is 0 Å². The second kappa shape index (κ2) is 5.45. The molecule has 1 aromatic carbocycles. The van der Waals surface area contributed by atoms with Gasteiger partial charge in [-0.25, -0.2) is 5.43 Å². The minimum atomic E-state index is -0.494. The van der Waals surface area contributed by atoms with Crippen LogP contribution in [0.5, 0.6) is 5.75 Å². The molecule has 5 nitrogen and oxygen atoms in total. The predicted molar refractivity (Wildman–Crippen MR) is 64.9 cm³/mol. The number of hydrogen-bond donors (Lipinski definition) is 3. The zero-order chi connectivity index (χ0) is 12.9. The number of phenolic OH excluding ortho intramolecular Hbond substituents is 1. The molecule has 0 saturated heterocycles. The van der Waals surface area contributed by atoms with Crippen LogP contribution in [-0.4, -0.2) is 28.9 Å². The molecule has 0 heterocycles. The summed E-state index contributed by atoms with van der Waals surface area (Å²) in [6.07, 6.45) is 1.45. The molecule has 0 unspecified atom stereocenters. The van der Waals surface area contributed by atoms with Crippen molar-refractivity contribution < 1.29 is 15.0 Å². The molecule has 5 heteroatoms. The molecule has 0 radical (unpaired) electrons. The van der Waals surface area contributed by atoms with Crippen molar-refractivity contribution >= 4 is 12.1 Å². The Kier molecular flexibility index (Phi) is 4.23. The standard InChI is InChI=1S/C12H16N2O3/c1-12(2,8-15)7-13-14-11(17)9-5-3-4-6-10(9)16/h3-7,15-16H,8H2,1-2H3,(H,14,17). The summed E-state index contributed by atoms with van der Waals surface area (Å²) in [5.41, 5.74) is 1.95.